The van der Waals surface area contributed by atoms with Gasteiger partial charge in [-0.3, -0.25) is 4.79 Å². The first kappa shape index (κ1) is 14.9. The zero-order valence-corrected chi connectivity index (χ0v) is 12.5. The number of hydrogen-bond acceptors (Lipinski definition) is 7. The normalized spacial score (nSPS) is 14.1. The lowest BCUT2D eigenvalue weighted by molar-refractivity contribution is 0.100. The minimum absolute atomic E-state index is 0.277. The predicted molar refractivity (Wildman–Crippen MR) is 90.4 cm³/mol. The van der Waals surface area contributed by atoms with Crippen LogP contribution in [-0.2, 0) is 0 Å². The molecule has 0 aliphatic heterocycles. The summed E-state index contributed by atoms with van der Waals surface area (Å²) in [5, 5.41) is 6.28. The monoisotopic (exact) mass is 313 g/mol. The van der Waals surface area contributed by atoms with Crippen molar-refractivity contribution in [3.63, 3.8) is 0 Å². The zero-order valence-electron chi connectivity index (χ0n) is 12.5. The van der Waals surface area contributed by atoms with Gasteiger partial charge in [0, 0.05) is 17.9 Å². The van der Waals surface area contributed by atoms with E-state index in [4.69, 9.17) is 17.2 Å². The Bertz CT molecular complexity index is 743. The topological polar surface area (TPSA) is 145 Å². The van der Waals surface area contributed by atoms with Gasteiger partial charge < -0.3 is 27.8 Å². The molecule has 1 amide bonds. The van der Waals surface area contributed by atoms with Crippen molar-refractivity contribution in [2.45, 2.75) is 25.3 Å². The third-order valence-corrected chi connectivity index (χ3v) is 3.84. The summed E-state index contributed by atoms with van der Waals surface area (Å²) in [6.07, 6.45) is 4.70. The van der Waals surface area contributed by atoms with Gasteiger partial charge in [0.25, 0.3) is 5.91 Å². The molecule has 0 spiro atoms. The highest BCUT2D eigenvalue weighted by molar-refractivity contribution is 5.97. The van der Waals surface area contributed by atoms with Crippen molar-refractivity contribution < 1.29 is 4.79 Å². The van der Waals surface area contributed by atoms with Gasteiger partial charge in [-0.1, -0.05) is 0 Å². The van der Waals surface area contributed by atoms with E-state index in [1.165, 1.54) is 12.6 Å². The number of nitrogen functional groups attached to an aromatic ring is 2. The van der Waals surface area contributed by atoms with Crippen molar-refractivity contribution in [1.82, 2.24) is 9.97 Å². The van der Waals surface area contributed by atoms with Gasteiger partial charge in [-0.15, -0.1) is 0 Å². The largest absolute Gasteiger partial charge is 0.397 e. The molecule has 3 rings (SSSR count). The van der Waals surface area contributed by atoms with Crippen LogP contribution < -0.4 is 27.8 Å². The van der Waals surface area contributed by atoms with Crippen molar-refractivity contribution in [1.29, 1.82) is 0 Å². The molecule has 0 radical (unpaired) electrons. The fraction of sp³-hybridized carbons (Fsp3) is 0.267. The van der Waals surface area contributed by atoms with E-state index >= 15 is 0 Å². The molecule has 1 aromatic carbocycles. The first-order valence-electron chi connectivity index (χ1n) is 7.38. The number of carbonyl (C=O) groups excluding carboxylic acids is 1. The van der Waals surface area contributed by atoms with E-state index in [1.807, 2.05) is 0 Å². The molecule has 1 aliphatic rings. The van der Waals surface area contributed by atoms with Crippen LogP contribution in [0.15, 0.2) is 24.4 Å². The summed E-state index contributed by atoms with van der Waals surface area (Å²) < 4.78 is 0. The highest BCUT2D eigenvalue weighted by Gasteiger charge is 2.21. The Labute approximate surface area is 133 Å². The molecular weight excluding hydrogens is 294 g/mol. The second-order valence-electron chi connectivity index (χ2n) is 5.56. The number of amides is 1. The molecule has 23 heavy (non-hydrogen) atoms. The molecule has 8 N–H and O–H groups in total. The Morgan fingerprint density at radius 1 is 1.22 bits per heavy atom. The Balaban J connectivity index is 1.85. The minimum Gasteiger partial charge on any atom is -0.397 e. The number of nitrogens with zero attached hydrogens (tertiary/aromatic N) is 2. The molecule has 1 aliphatic carbocycles. The van der Waals surface area contributed by atoms with Crippen LogP contribution in [0.1, 0.15) is 29.6 Å². The van der Waals surface area contributed by atoms with Gasteiger partial charge in [-0.05, 0) is 37.5 Å². The van der Waals surface area contributed by atoms with Crippen molar-refractivity contribution >= 4 is 34.7 Å². The summed E-state index contributed by atoms with van der Waals surface area (Å²) in [7, 11) is 0. The Kier molecular flexibility index (Phi) is 3.88. The van der Waals surface area contributed by atoms with Crippen LogP contribution in [0.4, 0.5) is 28.8 Å². The minimum atomic E-state index is -0.560. The van der Waals surface area contributed by atoms with Crippen LogP contribution in [0.3, 0.4) is 0 Å². The van der Waals surface area contributed by atoms with Gasteiger partial charge in [0.15, 0.2) is 0 Å². The maximum absolute atomic E-state index is 11.5. The molecule has 8 nitrogen and oxygen atoms in total. The summed E-state index contributed by atoms with van der Waals surface area (Å²) in [6.45, 7) is 0. The first-order valence-corrected chi connectivity index (χ1v) is 7.38. The van der Waals surface area contributed by atoms with Crippen molar-refractivity contribution in [3.05, 3.63) is 30.0 Å². The van der Waals surface area contributed by atoms with Crippen LogP contribution in [0.5, 0.6) is 0 Å². The number of primary amides is 1. The number of nitrogens with two attached hydrogens (primary N) is 3. The third-order valence-electron chi connectivity index (χ3n) is 3.84. The number of anilines is 5. The maximum Gasteiger partial charge on any atom is 0.254 e. The van der Waals surface area contributed by atoms with Gasteiger partial charge in [-0.2, -0.15) is 4.98 Å². The lowest BCUT2D eigenvalue weighted by Gasteiger charge is -2.27. The van der Waals surface area contributed by atoms with Crippen LogP contribution in [0.2, 0.25) is 0 Å². The molecule has 8 heteroatoms. The van der Waals surface area contributed by atoms with Crippen molar-refractivity contribution in [2.75, 3.05) is 22.1 Å². The lowest BCUT2D eigenvalue weighted by Crippen LogP contribution is -2.29. The molecule has 1 aromatic heterocycles. The highest BCUT2D eigenvalue weighted by Crippen LogP contribution is 2.26. The summed E-state index contributed by atoms with van der Waals surface area (Å²) in [5.74, 6) is 0.235. The van der Waals surface area contributed by atoms with Gasteiger partial charge in [-0.25, -0.2) is 4.98 Å². The van der Waals surface area contributed by atoms with Crippen LogP contribution in [0.25, 0.3) is 0 Å². The molecule has 2 aromatic rings. The van der Waals surface area contributed by atoms with Crippen molar-refractivity contribution in [2.24, 2.45) is 5.73 Å². The molecular formula is C15H19N7O. The fourth-order valence-electron chi connectivity index (χ4n) is 2.26. The number of nitrogens with one attached hydrogen (secondary N) is 2. The number of carbonyl (C=O) groups is 1. The summed E-state index contributed by atoms with van der Waals surface area (Å²) in [6, 6.07) is 5.49. The SMILES string of the molecule is NC(=O)c1cnc(Nc2ccc(N)c(N)c2)nc1NC1CCC1. The molecule has 120 valence electrons. The van der Waals surface area contributed by atoms with Crippen molar-refractivity contribution in [3.8, 4) is 0 Å². The molecule has 0 unspecified atom stereocenters. The van der Waals surface area contributed by atoms with E-state index in [1.54, 1.807) is 18.2 Å². The van der Waals surface area contributed by atoms with Gasteiger partial charge >= 0.3 is 0 Å². The number of rotatable bonds is 5. The number of benzene rings is 1. The standard InChI is InChI=1S/C15H19N7O/c16-11-5-4-9(6-12(11)17)21-15-19-7-10(13(18)23)14(22-15)20-8-2-1-3-8/h4-8H,1-3,16-17H2,(H2,18,23)(H2,19,20,21,22). The maximum atomic E-state index is 11.5. The van der Waals surface area contributed by atoms with E-state index in [2.05, 4.69) is 20.6 Å². The first-order chi connectivity index (χ1) is 11.0. The van der Waals surface area contributed by atoms with Gasteiger partial charge in [0.1, 0.15) is 5.82 Å². The molecule has 0 bridgehead atoms. The highest BCUT2D eigenvalue weighted by atomic mass is 16.1. The summed E-state index contributed by atoms with van der Waals surface area (Å²) in [4.78, 5) is 20.0. The average molecular weight is 313 g/mol. The molecule has 1 fully saturated rings. The predicted octanol–water partition coefficient (Wildman–Crippen LogP) is 1.45. The van der Waals surface area contributed by atoms with E-state index in [0.717, 1.165) is 12.8 Å². The van der Waals surface area contributed by atoms with E-state index in [-0.39, 0.29) is 5.56 Å². The lowest BCUT2D eigenvalue weighted by atomic mass is 9.93. The number of aromatic nitrogens is 2. The van der Waals surface area contributed by atoms with Gasteiger partial charge in [0.05, 0.1) is 16.9 Å². The zero-order chi connectivity index (χ0) is 16.4. The quantitative estimate of drug-likeness (QED) is 0.525. The fourth-order valence-corrected chi connectivity index (χ4v) is 2.26. The third kappa shape index (κ3) is 3.25. The Morgan fingerprint density at radius 2 is 2.00 bits per heavy atom. The van der Waals surface area contributed by atoms with Crippen LogP contribution in [0, 0.1) is 0 Å². The molecule has 1 heterocycles. The summed E-state index contributed by atoms with van der Waals surface area (Å²) >= 11 is 0. The van der Waals surface area contributed by atoms with E-state index in [9.17, 15) is 4.79 Å². The average Bonchev–Trinajstić information content (AvgIpc) is 2.47. The number of hydrogen-bond donors (Lipinski definition) is 5. The summed E-state index contributed by atoms with van der Waals surface area (Å²) in [5.41, 5.74) is 18.8. The molecule has 1 saturated carbocycles. The van der Waals surface area contributed by atoms with E-state index < -0.39 is 5.91 Å². The molecule has 0 atom stereocenters. The Morgan fingerprint density at radius 3 is 2.61 bits per heavy atom. The molecule has 0 saturated heterocycles. The second kappa shape index (κ2) is 5.99. The van der Waals surface area contributed by atoms with E-state index in [0.29, 0.717) is 34.9 Å². The smallest absolute Gasteiger partial charge is 0.254 e. The second-order valence-corrected chi connectivity index (χ2v) is 5.56. The van der Waals surface area contributed by atoms with Gasteiger partial charge in [0.2, 0.25) is 5.95 Å². The van der Waals surface area contributed by atoms with Crippen LogP contribution >= 0.6 is 0 Å². The Hall–Kier alpha value is -3.03. The van der Waals surface area contributed by atoms with Crippen LogP contribution in [-0.4, -0.2) is 21.9 Å².